The van der Waals surface area contributed by atoms with Gasteiger partial charge in [0.1, 0.15) is 0 Å². The van der Waals surface area contributed by atoms with Crippen LogP contribution in [0.3, 0.4) is 0 Å². The van der Waals surface area contributed by atoms with Gasteiger partial charge in [-0.1, -0.05) is 65.8 Å². The molecule has 0 bridgehead atoms. The van der Waals surface area contributed by atoms with Gasteiger partial charge in [-0.15, -0.1) is 59.7 Å². The van der Waals surface area contributed by atoms with E-state index >= 15 is 0 Å². The maximum Gasteiger partial charge on any atom is 3.00 e. The van der Waals surface area contributed by atoms with Crippen LogP contribution >= 0.6 is 7.81 Å². The van der Waals surface area contributed by atoms with Gasteiger partial charge >= 0.3 is 52.5 Å². The number of halogens is 6. The number of nitrogens with zero attached hydrogens (tertiary/aromatic N) is 6. The molecule has 8 rings (SSSR count). The van der Waals surface area contributed by atoms with Crippen LogP contribution in [0, 0.1) is 12.1 Å². The van der Waals surface area contributed by atoms with Crippen molar-refractivity contribution in [2.45, 2.75) is 65.2 Å². The maximum atomic E-state index is 9.87. The monoisotopic (exact) mass is 933 g/mol. The van der Waals surface area contributed by atoms with E-state index in [0.717, 1.165) is 33.9 Å². The molecule has 0 saturated carbocycles. The summed E-state index contributed by atoms with van der Waals surface area (Å²) >= 11 is 0. The van der Waals surface area contributed by atoms with Crippen molar-refractivity contribution in [3.8, 4) is 33.9 Å². The Morgan fingerprint density at radius 2 is 0.833 bits per heavy atom. The fourth-order valence-electron chi connectivity index (χ4n) is 5.87. The molecule has 2 fully saturated rings. The first-order valence-electron chi connectivity index (χ1n) is 19.4. The SMILES string of the molecule is CC(C)(C)c1ccnc(-c2cc(C(C)(C)C)ccn2)c1.F[P-](F)(F)(F)(F)F.[Ru+3].[c-]1ccc(N2CCC2)cc1-c1ccccn1.[c-]1ccc(N2CCC2)cc1-c1ccccn1. The Kier molecular flexibility index (Phi) is 15.1. The van der Waals surface area contributed by atoms with Crippen LogP contribution in [0.2, 0.25) is 0 Å². The molecule has 0 spiro atoms. The molecule has 60 heavy (non-hydrogen) atoms. The number of rotatable bonds is 5. The van der Waals surface area contributed by atoms with Crippen molar-refractivity contribution in [2.24, 2.45) is 0 Å². The number of benzene rings is 2. The second-order valence-electron chi connectivity index (χ2n) is 16.4. The summed E-state index contributed by atoms with van der Waals surface area (Å²) in [5.41, 5.74) is 11.4. The van der Waals surface area contributed by atoms with Gasteiger partial charge in [-0.25, -0.2) is 0 Å². The first-order valence-corrected chi connectivity index (χ1v) is 21.4. The quantitative estimate of drug-likeness (QED) is 0.0743. The summed E-state index contributed by atoms with van der Waals surface area (Å²) in [6, 6.07) is 39.4. The van der Waals surface area contributed by atoms with Crippen LogP contribution in [0.25, 0.3) is 33.9 Å². The zero-order valence-corrected chi connectivity index (χ0v) is 37.2. The molecule has 2 saturated heterocycles. The number of hydrogen-bond donors (Lipinski definition) is 0. The van der Waals surface area contributed by atoms with Gasteiger partial charge in [-0.2, -0.15) is 0 Å². The molecule has 0 aliphatic carbocycles. The summed E-state index contributed by atoms with van der Waals surface area (Å²) in [7, 11) is -10.7. The predicted molar refractivity (Wildman–Crippen MR) is 229 cm³/mol. The van der Waals surface area contributed by atoms with E-state index in [1.54, 1.807) is 0 Å². The Labute approximate surface area is 362 Å². The Bertz CT molecular complexity index is 2120. The number of hydrogen-bond acceptors (Lipinski definition) is 6. The van der Waals surface area contributed by atoms with Crippen LogP contribution in [0.1, 0.15) is 65.5 Å². The molecule has 14 heteroatoms. The van der Waals surface area contributed by atoms with Gasteiger partial charge in [-0.05, 0) is 94.0 Å². The first-order chi connectivity index (χ1) is 27.5. The Balaban J connectivity index is 0.000000184. The second-order valence-corrected chi connectivity index (χ2v) is 18.3. The van der Waals surface area contributed by atoms with Crippen LogP contribution in [0.15, 0.2) is 122 Å². The van der Waals surface area contributed by atoms with Gasteiger partial charge in [0.15, 0.2) is 0 Å². The molecule has 2 aliphatic heterocycles. The van der Waals surface area contributed by atoms with Gasteiger partial charge in [0.2, 0.25) is 0 Å². The van der Waals surface area contributed by atoms with Gasteiger partial charge in [0.05, 0.1) is 11.4 Å². The normalized spacial score (nSPS) is 14.7. The molecule has 0 amide bonds. The van der Waals surface area contributed by atoms with Crippen LogP contribution < -0.4 is 9.80 Å². The van der Waals surface area contributed by atoms with Crippen molar-refractivity contribution in [2.75, 3.05) is 36.0 Å². The van der Waals surface area contributed by atoms with Gasteiger partial charge in [0.25, 0.3) is 0 Å². The number of aromatic nitrogens is 4. The molecule has 1 radical (unpaired) electrons. The summed E-state index contributed by atoms with van der Waals surface area (Å²) in [6.07, 6.45) is 10.00. The van der Waals surface area contributed by atoms with E-state index < -0.39 is 7.81 Å². The Hall–Kier alpha value is -4.73. The largest absolute Gasteiger partial charge is 3.00 e. The van der Waals surface area contributed by atoms with Crippen molar-refractivity contribution in [1.82, 2.24) is 19.9 Å². The van der Waals surface area contributed by atoms with Crippen molar-refractivity contribution in [1.29, 1.82) is 0 Å². The molecule has 0 atom stereocenters. The second kappa shape index (κ2) is 18.9. The topological polar surface area (TPSA) is 58.0 Å². The minimum Gasteiger partial charge on any atom is -0.387 e. The van der Waals surface area contributed by atoms with Crippen molar-refractivity contribution >= 4 is 19.2 Å². The van der Waals surface area contributed by atoms with Crippen LogP contribution in [0.4, 0.5) is 36.6 Å². The standard InChI is InChI=1S/C18H24N2.2C14H13N2.F6P.Ru/c1-17(2,3)13-7-9-19-15(11-13)16-12-14(8-10-20-16)18(4,5)6;2*1-2-8-15-14(7-1)12-5-3-6-13(11-12)16-9-4-10-16;1-7(2,3,4,5)6;/h7-12H,1-6H3;2*1-3,6-8,11H,4,9-10H2;;/q;3*-1;+3. The fraction of sp³-hybridized carbons (Fsp3) is 0.304. The van der Waals surface area contributed by atoms with E-state index in [0.29, 0.717) is 0 Å². The van der Waals surface area contributed by atoms with Gasteiger partial charge < -0.3 is 19.8 Å². The van der Waals surface area contributed by atoms with Crippen molar-refractivity contribution in [3.63, 3.8) is 0 Å². The molecule has 2 aromatic carbocycles. The molecule has 6 aromatic rings. The summed E-state index contributed by atoms with van der Waals surface area (Å²) in [6.45, 7) is 18.0. The third-order valence-electron chi connectivity index (χ3n) is 9.41. The summed E-state index contributed by atoms with van der Waals surface area (Å²) in [4.78, 5) is 22.4. The molecular weight excluding hydrogens is 883 g/mol. The van der Waals surface area contributed by atoms with Crippen LogP contribution in [-0.4, -0.2) is 46.1 Å². The van der Waals surface area contributed by atoms with E-state index in [1.807, 2.05) is 73.3 Å². The average Bonchev–Trinajstić information content (AvgIpc) is 3.13. The van der Waals surface area contributed by atoms with Gasteiger partial charge in [-0.3, -0.25) is 9.97 Å². The van der Waals surface area contributed by atoms with Crippen molar-refractivity contribution < 1.29 is 44.7 Å². The molecular formula is C46H50F6N6PRu. The zero-order chi connectivity index (χ0) is 43.0. The smallest absolute Gasteiger partial charge is 0.387 e. The summed E-state index contributed by atoms with van der Waals surface area (Å²) in [5.74, 6) is 0. The molecule has 4 aromatic heterocycles. The molecule has 2 aliphatic rings. The molecule has 0 unspecified atom stereocenters. The number of pyridine rings is 4. The van der Waals surface area contributed by atoms with E-state index in [4.69, 9.17) is 0 Å². The summed E-state index contributed by atoms with van der Waals surface area (Å²) < 4.78 is 59.2. The molecule has 6 heterocycles. The van der Waals surface area contributed by atoms with Gasteiger partial charge in [0, 0.05) is 51.0 Å². The molecule has 319 valence electrons. The third-order valence-corrected chi connectivity index (χ3v) is 9.41. The average molecular weight is 933 g/mol. The predicted octanol–water partition coefficient (Wildman–Crippen LogP) is 13.6. The first kappa shape index (κ1) is 47.9. The molecule has 0 N–H and O–H groups in total. The minimum atomic E-state index is -10.7. The molecule has 6 nitrogen and oxygen atoms in total. The van der Waals surface area contributed by atoms with Crippen molar-refractivity contribution in [3.05, 3.63) is 145 Å². The number of anilines is 2. The third kappa shape index (κ3) is 16.0. The Morgan fingerprint density at radius 1 is 0.483 bits per heavy atom. The Morgan fingerprint density at radius 3 is 1.12 bits per heavy atom. The van der Waals surface area contributed by atoms with Crippen LogP contribution in [0.5, 0.6) is 0 Å². The van der Waals surface area contributed by atoms with E-state index in [-0.39, 0.29) is 30.3 Å². The summed E-state index contributed by atoms with van der Waals surface area (Å²) in [5, 5.41) is 0. The van der Waals surface area contributed by atoms with E-state index in [1.165, 1.54) is 61.5 Å². The fourth-order valence-corrected chi connectivity index (χ4v) is 5.87. The van der Waals surface area contributed by atoms with E-state index in [9.17, 15) is 25.2 Å². The minimum absolute atomic E-state index is 0. The van der Waals surface area contributed by atoms with Crippen LogP contribution in [-0.2, 0) is 30.3 Å². The van der Waals surface area contributed by atoms with E-state index in [2.05, 4.69) is 132 Å². The maximum absolute atomic E-state index is 10.7. The zero-order valence-electron chi connectivity index (χ0n) is 34.5.